The van der Waals surface area contributed by atoms with E-state index >= 15 is 0 Å². The normalized spacial score (nSPS) is 17.2. The number of benzene rings is 2. The lowest BCUT2D eigenvalue weighted by atomic mass is 9.98. The number of piperidine rings is 1. The minimum Gasteiger partial charge on any atom is -0.495 e. The average Bonchev–Trinajstić information content (AvgIpc) is 2.75. The van der Waals surface area contributed by atoms with Gasteiger partial charge in [-0.3, -0.25) is 14.9 Å². The summed E-state index contributed by atoms with van der Waals surface area (Å²) in [5.74, 6) is -0.679. The van der Waals surface area contributed by atoms with Gasteiger partial charge in [0.25, 0.3) is 5.69 Å². The third-order valence-corrected chi connectivity index (χ3v) is 7.27. The molecule has 0 aromatic heterocycles. The van der Waals surface area contributed by atoms with Gasteiger partial charge in [0, 0.05) is 25.2 Å². The van der Waals surface area contributed by atoms with Gasteiger partial charge in [0.05, 0.1) is 23.6 Å². The van der Waals surface area contributed by atoms with Crippen LogP contribution in [0.3, 0.4) is 0 Å². The largest absolute Gasteiger partial charge is 0.495 e. The molecular formula is C21H25N3O6S. The van der Waals surface area contributed by atoms with E-state index in [4.69, 9.17) is 4.74 Å². The lowest BCUT2D eigenvalue weighted by molar-refractivity contribution is -0.384. The molecule has 0 radical (unpaired) electrons. The fraction of sp³-hybridized carbons (Fsp3) is 0.381. The maximum Gasteiger partial charge on any atom is 0.271 e. The summed E-state index contributed by atoms with van der Waals surface area (Å²) in [6.07, 6.45) is 1.05. The molecule has 1 N–H and O–H groups in total. The number of carbonyl (C=O) groups is 1. The number of nitrogens with zero attached hydrogens (tertiary/aromatic N) is 2. The fourth-order valence-electron chi connectivity index (χ4n) is 3.59. The highest BCUT2D eigenvalue weighted by molar-refractivity contribution is 7.89. The summed E-state index contributed by atoms with van der Waals surface area (Å²) in [4.78, 5) is 23.4. The number of anilines is 1. The summed E-state index contributed by atoms with van der Waals surface area (Å²) in [6.45, 7) is 3.87. The number of rotatable bonds is 6. The number of amides is 1. The summed E-state index contributed by atoms with van der Waals surface area (Å²) < 4.78 is 33.1. The van der Waals surface area contributed by atoms with Gasteiger partial charge in [-0.25, -0.2) is 8.42 Å². The summed E-state index contributed by atoms with van der Waals surface area (Å²) >= 11 is 0. The predicted octanol–water partition coefficient (Wildman–Crippen LogP) is 3.26. The van der Waals surface area contributed by atoms with Crippen molar-refractivity contribution < 1.29 is 22.9 Å². The van der Waals surface area contributed by atoms with E-state index in [9.17, 15) is 23.3 Å². The number of ether oxygens (including phenoxy) is 1. The quantitative estimate of drug-likeness (QED) is 0.536. The van der Waals surface area contributed by atoms with Crippen LogP contribution in [0.1, 0.15) is 24.0 Å². The van der Waals surface area contributed by atoms with Crippen molar-refractivity contribution in [1.82, 2.24) is 4.31 Å². The second-order valence-electron chi connectivity index (χ2n) is 7.60. The molecular weight excluding hydrogens is 422 g/mol. The lowest BCUT2D eigenvalue weighted by Crippen LogP contribution is -2.43. The smallest absolute Gasteiger partial charge is 0.271 e. The fourth-order valence-corrected chi connectivity index (χ4v) is 5.36. The van der Waals surface area contributed by atoms with Crippen LogP contribution in [0.4, 0.5) is 11.4 Å². The van der Waals surface area contributed by atoms with Crippen molar-refractivity contribution in [3.05, 3.63) is 57.6 Å². The number of hydrogen-bond donors (Lipinski definition) is 1. The van der Waals surface area contributed by atoms with Crippen LogP contribution in [0, 0.1) is 29.9 Å². The van der Waals surface area contributed by atoms with E-state index in [-0.39, 0.29) is 28.8 Å². The van der Waals surface area contributed by atoms with Crippen LogP contribution in [0.25, 0.3) is 0 Å². The van der Waals surface area contributed by atoms with Gasteiger partial charge in [-0.2, -0.15) is 4.31 Å². The molecule has 166 valence electrons. The molecule has 1 amide bonds. The van der Waals surface area contributed by atoms with Crippen LogP contribution in [-0.4, -0.2) is 43.8 Å². The van der Waals surface area contributed by atoms with Crippen LogP contribution in [0.5, 0.6) is 5.75 Å². The molecule has 3 rings (SSSR count). The maximum atomic E-state index is 13.3. The van der Waals surface area contributed by atoms with Crippen molar-refractivity contribution in [2.75, 3.05) is 25.5 Å². The first-order chi connectivity index (χ1) is 14.6. The molecule has 31 heavy (non-hydrogen) atoms. The Morgan fingerprint density at radius 1 is 1.23 bits per heavy atom. The molecule has 9 nitrogen and oxygen atoms in total. The predicted molar refractivity (Wildman–Crippen MR) is 116 cm³/mol. The van der Waals surface area contributed by atoms with Crippen LogP contribution >= 0.6 is 0 Å². The zero-order valence-electron chi connectivity index (χ0n) is 17.6. The minimum absolute atomic E-state index is 0.0270. The van der Waals surface area contributed by atoms with Crippen molar-refractivity contribution in [2.24, 2.45) is 5.92 Å². The SMILES string of the molecule is COc1ccc(C)cc1S(=O)(=O)N1CCCC(C(=O)Nc2cc([N+](=O)[O-])ccc2C)C1. The molecule has 0 aliphatic carbocycles. The van der Waals surface area contributed by atoms with E-state index in [1.54, 1.807) is 38.1 Å². The molecule has 10 heteroatoms. The number of nitrogens with one attached hydrogen (secondary N) is 1. The average molecular weight is 448 g/mol. The van der Waals surface area contributed by atoms with E-state index in [0.29, 0.717) is 30.6 Å². The molecule has 1 aliphatic rings. The van der Waals surface area contributed by atoms with E-state index in [0.717, 1.165) is 5.56 Å². The van der Waals surface area contributed by atoms with E-state index in [2.05, 4.69) is 5.32 Å². The van der Waals surface area contributed by atoms with Crippen molar-refractivity contribution >= 4 is 27.3 Å². The number of hydrogen-bond acceptors (Lipinski definition) is 6. The van der Waals surface area contributed by atoms with Crippen molar-refractivity contribution in [3.63, 3.8) is 0 Å². The molecule has 0 bridgehead atoms. The number of nitro groups is 1. The second kappa shape index (κ2) is 9.03. The van der Waals surface area contributed by atoms with Crippen LogP contribution in [0.2, 0.25) is 0 Å². The summed E-state index contributed by atoms with van der Waals surface area (Å²) in [6, 6.07) is 9.18. The van der Waals surface area contributed by atoms with E-state index in [1.807, 2.05) is 0 Å². The summed E-state index contributed by atoms with van der Waals surface area (Å²) in [7, 11) is -2.44. The van der Waals surface area contributed by atoms with E-state index < -0.39 is 20.9 Å². The van der Waals surface area contributed by atoms with Crippen LogP contribution in [-0.2, 0) is 14.8 Å². The van der Waals surface area contributed by atoms with E-state index in [1.165, 1.54) is 23.5 Å². The standard InChI is InChI=1S/C21H25N3O6S/c1-14-6-9-19(30-3)20(11-14)31(28,29)23-10-4-5-16(13-23)21(25)22-18-12-17(24(26)27)8-7-15(18)2/h6-9,11-12,16H,4-5,10,13H2,1-3H3,(H,22,25). The first-order valence-electron chi connectivity index (χ1n) is 9.84. The van der Waals surface area contributed by atoms with Crippen molar-refractivity contribution in [2.45, 2.75) is 31.6 Å². The van der Waals surface area contributed by atoms with Gasteiger partial charge in [0.1, 0.15) is 10.6 Å². The highest BCUT2D eigenvalue weighted by atomic mass is 32.2. The van der Waals surface area contributed by atoms with Gasteiger partial charge in [-0.1, -0.05) is 12.1 Å². The highest BCUT2D eigenvalue weighted by Gasteiger charge is 2.35. The number of aryl methyl sites for hydroxylation is 2. The Hall–Kier alpha value is -2.98. The Morgan fingerprint density at radius 3 is 2.65 bits per heavy atom. The first kappa shape index (κ1) is 22.7. The number of carbonyl (C=O) groups excluding carboxylic acids is 1. The third-order valence-electron chi connectivity index (χ3n) is 5.38. The first-order valence-corrected chi connectivity index (χ1v) is 11.3. The maximum absolute atomic E-state index is 13.3. The Labute approximate surface area is 181 Å². The zero-order chi connectivity index (χ0) is 22.8. The van der Waals surface area contributed by atoms with Gasteiger partial charge in [0.15, 0.2) is 0 Å². The topological polar surface area (TPSA) is 119 Å². The van der Waals surface area contributed by atoms with Gasteiger partial charge >= 0.3 is 0 Å². The van der Waals surface area contributed by atoms with Crippen molar-refractivity contribution in [3.8, 4) is 5.75 Å². The van der Waals surface area contributed by atoms with Gasteiger partial charge in [-0.05, 0) is 49.9 Å². The Balaban J connectivity index is 1.81. The lowest BCUT2D eigenvalue weighted by Gasteiger charge is -2.31. The molecule has 2 aromatic carbocycles. The van der Waals surface area contributed by atoms with Crippen LogP contribution < -0.4 is 10.1 Å². The number of methoxy groups -OCH3 is 1. The third kappa shape index (κ3) is 4.86. The molecule has 2 aromatic rings. The molecule has 1 fully saturated rings. The van der Waals surface area contributed by atoms with Gasteiger partial charge < -0.3 is 10.1 Å². The Bertz CT molecular complexity index is 1120. The molecule has 1 saturated heterocycles. The molecule has 0 saturated carbocycles. The molecule has 1 aliphatic heterocycles. The van der Waals surface area contributed by atoms with Crippen molar-refractivity contribution in [1.29, 1.82) is 0 Å². The summed E-state index contributed by atoms with van der Waals surface area (Å²) in [5, 5.41) is 13.8. The highest BCUT2D eigenvalue weighted by Crippen LogP contribution is 2.31. The molecule has 1 heterocycles. The second-order valence-corrected chi connectivity index (χ2v) is 9.51. The van der Waals surface area contributed by atoms with Gasteiger partial charge in [-0.15, -0.1) is 0 Å². The summed E-state index contributed by atoms with van der Waals surface area (Å²) in [5.41, 5.74) is 1.69. The number of non-ortho nitro benzene ring substituents is 1. The van der Waals surface area contributed by atoms with Gasteiger partial charge in [0.2, 0.25) is 15.9 Å². The number of nitro benzene ring substituents is 1. The molecule has 0 spiro atoms. The molecule has 1 atom stereocenters. The Morgan fingerprint density at radius 2 is 1.97 bits per heavy atom. The Kier molecular flexibility index (Phi) is 6.61. The zero-order valence-corrected chi connectivity index (χ0v) is 18.4. The van der Waals surface area contributed by atoms with Crippen LogP contribution in [0.15, 0.2) is 41.3 Å². The number of sulfonamides is 1. The molecule has 1 unspecified atom stereocenters. The monoisotopic (exact) mass is 447 g/mol. The minimum atomic E-state index is -3.85.